The van der Waals surface area contributed by atoms with Crippen LogP contribution in [0.25, 0.3) is 0 Å². The molecule has 0 radical (unpaired) electrons. The van der Waals surface area contributed by atoms with Gasteiger partial charge in [-0.1, -0.05) is 18.2 Å². The summed E-state index contributed by atoms with van der Waals surface area (Å²) in [4.78, 5) is 10.5. The van der Waals surface area contributed by atoms with Crippen LogP contribution in [0, 0.1) is 5.92 Å². The predicted molar refractivity (Wildman–Crippen MR) is 49.6 cm³/mol. The highest BCUT2D eigenvalue weighted by atomic mass is 16.4. The second-order valence-corrected chi connectivity index (χ2v) is 3.30. The van der Waals surface area contributed by atoms with E-state index in [1.54, 1.807) is 0 Å². The lowest BCUT2D eigenvalue weighted by Crippen LogP contribution is -2.09. The molecule has 1 aliphatic carbocycles. The molecule has 0 saturated heterocycles. The van der Waals surface area contributed by atoms with E-state index in [0.717, 1.165) is 12.1 Å². The van der Waals surface area contributed by atoms with E-state index < -0.39 is 5.97 Å². The van der Waals surface area contributed by atoms with Crippen molar-refractivity contribution >= 4 is 11.7 Å². The third-order valence-electron chi connectivity index (χ3n) is 2.23. The Bertz CT molecular complexity index is 310. The molecular weight excluding hydrogens is 166 g/mol. The van der Waals surface area contributed by atoms with Gasteiger partial charge in [-0.05, 0) is 18.6 Å². The van der Waals surface area contributed by atoms with Gasteiger partial charge in [-0.2, -0.15) is 0 Å². The molecule has 1 saturated carbocycles. The first kappa shape index (κ1) is 8.10. The normalized spacial score (nSPS) is 25.2. The molecule has 3 heteroatoms. The van der Waals surface area contributed by atoms with Crippen LogP contribution in [-0.2, 0) is 4.79 Å². The van der Waals surface area contributed by atoms with E-state index >= 15 is 0 Å². The summed E-state index contributed by atoms with van der Waals surface area (Å²) in [6.45, 7) is 0. The van der Waals surface area contributed by atoms with E-state index in [1.165, 1.54) is 0 Å². The molecule has 1 aliphatic rings. The van der Waals surface area contributed by atoms with Gasteiger partial charge in [0.1, 0.15) is 0 Å². The molecule has 2 atom stereocenters. The fourth-order valence-electron chi connectivity index (χ4n) is 1.38. The second-order valence-electron chi connectivity index (χ2n) is 3.30. The van der Waals surface area contributed by atoms with Crippen LogP contribution in [0.15, 0.2) is 30.3 Å². The van der Waals surface area contributed by atoms with Gasteiger partial charge in [-0.15, -0.1) is 0 Å². The molecule has 68 valence electrons. The third-order valence-corrected chi connectivity index (χ3v) is 2.23. The molecular formula is C10H11NO2. The minimum atomic E-state index is -0.701. The minimum Gasteiger partial charge on any atom is -0.481 e. The van der Waals surface area contributed by atoms with Crippen LogP contribution >= 0.6 is 0 Å². The maximum atomic E-state index is 10.5. The molecule has 3 nitrogen and oxygen atoms in total. The topological polar surface area (TPSA) is 49.3 Å². The number of anilines is 1. The fraction of sp³-hybridized carbons (Fsp3) is 0.300. The van der Waals surface area contributed by atoms with Gasteiger partial charge in [0, 0.05) is 11.7 Å². The molecule has 0 amide bonds. The van der Waals surface area contributed by atoms with Crippen LogP contribution in [-0.4, -0.2) is 17.1 Å². The van der Waals surface area contributed by atoms with Crippen LogP contribution in [0.1, 0.15) is 6.42 Å². The van der Waals surface area contributed by atoms with E-state index in [0.29, 0.717) is 0 Å². The Hall–Kier alpha value is -1.51. The van der Waals surface area contributed by atoms with E-state index in [2.05, 4.69) is 5.32 Å². The van der Waals surface area contributed by atoms with Gasteiger partial charge in [0.2, 0.25) is 0 Å². The Morgan fingerprint density at radius 1 is 1.38 bits per heavy atom. The molecule has 1 aromatic carbocycles. The van der Waals surface area contributed by atoms with Gasteiger partial charge < -0.3 is 10.4 Å². The first-order chi connectivity index (χ1) is 6.27. The Kier molecular flexibility index (Phi) is 1.93. The third kappa shape index (κ3) is 1.80. The van der Waals surface area contributed by atoms with Crippen molar-refractivity contribution in [3.05, 3.63) is 30.3 Å². The van der Waals surface area contributed by atoms with E-state index in [1.807, 2.05) is 30.3 Å². The molecule has 13 heavy (non-hydrogen) atoms. The highest BCUT2D eigenvalue weighted by molar-refractivity contribution is 5.75. The number of rotatable bonds is 3. The number of carbonyl (C=O) groups is 1. The number of hydrogen-bond acceptors (Lipinski definition) is 2. The number of benzene rings is 1. The maximum absolute atomic E-state index is 10.5. The largest absolute Gasteiger partial charge is 0.481 e. The first-order valence-electron chi connectivity index (χ1n) is 4.32. The fourth-order valence-corrected chi connectivity index (χ4v) is 1.38. The van der Waals surface area contributed by atoms with E-state index in [-0.39, 0.29) is 12.0 Å². The van der Waals surface area contributed by atoms with Crippen molar-refractivity contribution < 1.29 is 9.90 Å². The van der Waals surface area contributed by atoms with Crippen molar-refractivity contribution in [2.24, 2.45) is 5.92 Å². The quantitative estimate of drug-likeness (QED) is 0.736. The van der Waals surface area contributed by atoms with Gasteiger partial charge in [0.05, 0.1) is 5.92 Å². The number of carboxylic acid groups (broad SMARTS) is 1. The highest BCUT2D eigenvalue weighted by Gasteiger charge is 2.43. The summed E-state index contributed by atoms with van der Waals surface area (Å²) in [5.41, 5.74) is 0.997. The summed E-state index contributed by atoms with van der Waals surface area (Å²) in [7, 11) is 0. The molecule has 2 unspecified atom stereocenters. The molecule has 0 heterocycles. The van der Waals surface area contributed by atoms with E-state index in [9.17, 15) is 4.79 Å². The van der Waals surface area contributed by atoms with Gasteiger partial charge in [0.15, 0.2) is 0 Å². The van der Waals surface area contributed by atoms with Crippen molar-refractivity contribution in [3.63, 3.8) is 0 Å². The van der Waals surface area contributed by atoms with Gasteiger partial charge in [-0.25, -0.2) is 0 Å². The Morgan fingerprint density at radius 3 is 2.62 bits per heavy atom. The van der Waals surface area contributed by atoms with Crippen LogP contribution in [0.4, 0.5) is 5.69 Å². The molecule has 2 rings (SSSR count). The molecule has 1 fully saturated rings. The number of para-hydroxylation sites is 1. The Balaban J connectivity index is 1.92. The van der Waals surface area contributed by atoms with Crippen molar-refractivity contribution in [2.75, 3.05) is 5.32 Å². The number of hydrogen-bond donors (Lipinski definition) is 2. The molecule has 2 N–H and O–H groups in total. The number of carboxylic acids is 1. The average molecular weight is 177 g/mol. The zero-order chi connectivity index (χ0) is 9.26. The lowest BCUT2D eigenvalue weighted by atomic mass is 10.3. The van der Waals surface area contributed by atoms with Crippen LogP contribution < -0.4 is 5.32 Å². The summed E-state index contributed by atoms with van der Waals surface area (Å²) < 4.78 is 0. The van der Waals surface area contributed by atoms with Crippen molar-refractivity contribution in [1.29, 1.82) is 0 Å². The lowest BCUT2D eigenvalue weighted by molar-refractivity contribution is -0.138. The molecule has 0 bridgehead atoms. The molecule has 0 aliphatic heterocycles. The second kappa shape index (κ2) is 3.09. The Morgan fingerprint density at radius 2 is 2.08 bits per heavy atom. The van der Waals surface area contributed by atoms with Gasteiger partial charge in [0.25, 0.3) is 0 Å². The molecule has 0 aromatic heterocycles. The van der Waals surface area contributed by atoms with Gasteiger partial charge >= 0.3 is 5.97 Å². The van der Waals surface area contributed by atoms with Crippen LogP contribution in [0.3, 0.4) is 0 Å². The van der Waals surface area contributed by atoms with Crippen molar-refractivity contribution in [2.45, 2.75) is 12.5 Å². The summed E-state index contributed by atoms with van der Waals surface area (Å²) in [6.07, 6.45) is 0.740. The highest BCUT2D eigenvalue weighted by Crippen LogP contribution is 2.33. The smallest absolute Gasteiger partial charge is 0.308 e. The maximum Gasteiger partial charge on any atom is 0.308 e. The molecule has 0 spiro atoms. The van der Waals surface area contributed by atoms with Gasteiger partial charge in [-0.3, -0.25) is 4.79 Å². The summed E-state index contributed by atoms with van der Waals surface area (Å²) in [5.74, 6) is -0.895. The van der Waals surface area contributed by atoms with Crippen LogP contribution in [0.2, 0.25) is 0 Å². The summed E-state index contributed by atoms with van der Waals surface area (Å²) >= 11 is 0. The number of nitrogens with one attached hydrogen (secondary N) is 1. The Labute approximate surface area is 76.4 Å². The first-order valence-corrected chi connectivity index (χ1v) is 4.32. The summed E-state index contributed by atoms with van der Waals surface area (Å²) in [5, 5.41) is 11.8. The van der Waals surface area contributed by atoms with Crippen molar-refractivity contribution in [3.8, 4) is 0 Å². The SMILES string of the molecule is O=C(O)C1CC1Nc1ccccc1. The minimum absolute atomic E-state index is 0.125. The monoisotopic (exact) mass is 177 g/mol. The zero-order valence-corrected chi connectivity index (χ0v) is 7.10. The van der Waals surface area contributed by atoms with Crippen LogP contribution in [0.5, 0.6) is 0 Å². The molecule has 1 aromatic rings. The van der Waals surface area contributed by atoms with E-state index in [4.69, 9.17) is 5.11 Å². The summed E-state index contributed by atoms with van der Waals surface area (Å²) in [6, 6.07) is 9.81. The standard InChI is InChI=1S/C10H11NO2/c12-10(13)8-6-9(8)11-7-4-2-1-3-5-7/h1-5,8-9,11H,6H2,(H,12,13). The lowest BCUT2D eigenvalue weighted by Gasteiger charge is -2.02. The van der Waals surface area contributed by atoms with Crippen molar-refractivity contribution in [1.82, 2.24) is 0 Å². The number of aliphatic carboxylic acids is 1. The average Bonchev–Trinajstić information content (AvgIpc) is 2.86. The zero-order valence-electron chi connectivity index (χ0n) is 7.10. The predicted octanol–water partition coefficient (Wildman–Crippen LogP) is 1.57.